The predicted molar refractivity (Wildman–Crippen MR) is 71.4 cm³/mol. The van der Waals surface area contributed by atoms with Gasteiger partial charge < -0.3 is 4.74 Å². The summed E-state index contributed by atoms with van der Waals surface area (Å²) >= 11 is 0. The Morgan fingerprint density at radius 2 is 1.94 bits per heavy atom. The fourth-order valence-electron chi connectivity index (χ4n) is 1.80. The Morgan fingerprint density at radius 1 is 1.22 bits per heavy atom. The number of ether oxygens (including phenoxy) is 1. The molecule has 0 atom stereocenters. The third-order valence-corrected chi connectivity index (χ3v) is 4.07. The molecule has 96 valence electrons. The summed E-state index contributed by atoms with van der Waals surface area (Å²) in [6.45, 7) is 2.36. The molecule has 0 aliphatic carbocycles. The predicted octanol–water partition coefficient (Wildman–Crippen LogP) is 2.15. The van der Waals surface area contributed by atoms with Crippen molar-refractivity contribution in [3.05, 3.63) is 36.4 Å². The number of sulfonamides is 1. The molecule has 0 unspecified atom stereocenters. The number of hydrogen-bond donors (Lipinski definition) is 1. The average molecular weight is 265 g/mol. The highest BCUT2D eigenvalue weighted by Crippen LogP contribution is 2.29. The van der Waals surface area contributed by atoms with Gasteiger partial charge in [0.2, 0.25) is 10.0 Å². The van der Waals surface area contributed by atoms with E-state index in [0.717, 1.165) is 10.8 Å². The first kappa shape index (κ1) is 12.9. The van der Waals surface area contributed by atoms with E-state index in [1.54, 1.807) is 12.1 Å². The summed E-state index contributed by atoms with van der Waals surface area (Å²) in [7, 11) is -2.07. The van der Waals surface area contributed by atoms with Crippen LogP contribution in [0.15, 0.2) is 41.3 Å². The fourth-order valence-corrected chi connectivity index (χ4v) is 2.58. The van der Waals surface area contributed by atoms with Gasteiger partial charge in [0.25, 0.3) is 0 Å². The zero-order chi connectivity index (χ0) is 13.2. The van der Waals surface area contributed by atoms with Crippen molar-refractivity contribution in [3.8, 4) is 5.75 Å². The topological polar surface area (TPSA) is 55.4 Å². The second kappa shape index (κ2) is 4.96. The van der Waals surface area contributed by atoms with Gasteiger partial charge in [-0.05, 0) is 25.4 Å². The Kier molecular flexibility index (Phi) is 3.54. The van der Waals surface area contributed by atoms with E-state index in [-0.39, 0.29) is 4.90 Å². The van der Waals surface area contributed by atoms with Crippen molar-refractivity contribution < 1.29 is 13.2 Å². The van der Waals surface area contributed by atoms with Crippen molar-refractivity contribution in [1.82, 2.24) is 4.72 Å². The Bertz CT molecular complexity index is 665. The number of nitrogens with one attached hydrogen (secondary N) is 1. The van der Waals surface area contributed by atoms with Gasteiger partial charge in [-0.25, -0.2) is 13.1 Å². The highest BCUT2D eigenvalue weighted by atomic mass is 32.2. The van der Waals surface area contributed by atoms with Crippen molar-refractivity contribution in [2.24, 2.45) is 0 Å². The molecule has 5 heteroatoms. The van der Waals surface area contributed by atoms with Crippen molar-refractivity contribution >= 4 is 20.8 Å². The summed E-state index contributed by atoms with van der Waals surface area (Å²) in [4.78, 5) is 0.215. The zero-order valence-corrected chi connectivity index (χ0v) is 11.1. The molecule has 4 nitrogen and oxygen atoms in total. The molecule has 0 aliphatic heterocycles. The van der Waals surface area contributed by atoms with Crippen molar-refractivity contribution in [2.75, 3.05) is 13.7 Å². The third-order valence-electron chi connectivity index (χ3n) is 2.68. The van der Waals surface area contributed by atoms with Gasteiger partial charge in [-0.2, -0.15) is 0 Å². The summed E-state index contributed by atoms with van der Waals surface area (Å²) in [5, 5.41) is 1.76. The van der Waals surface area contributed by atoms with Gasteiger partial charge in [-0.3, -0.25) is 0 Å². The lowest BCUT2D eigenvalue weighted by atomic mass is 10.1. The lowest BCUT2D eigenvalue weighted by molar-refractivity contribution is 0.343. The van der Waals surface area contributed by atoms with Gasteiger partial charge in [-0.15, -0.1) is 0 Å². The van der Waals surface area contributed by atoms with E-state index < -0.39 is 10.0 Å². The maximum absolute atomic E-state index is 11.8. The zero-order valence-electron chi connectivity index (χ0n) is 10.3. The van der Waals surface area contributed by atoms with E-state index in [1.807, 2.05) is 31.2 Å². The quantitative estimate of drug-likeness (QED) is 0.921. The Balaban J connectivity index is 2.72. The highest BCUT2D eigenvalue weighted by molar-refractivity contribution is 7.89. The molecule has 0 aliphatic rings. The first-order valence-electron chi connectivity index (χ1n) is 5.67. The average Bonchev–Trinajstić information content (AvgIpc) is 2.39. The van der Waals surface area contributed by atoms with Crippen molar-refractivity contribution in [2.45, 2.75) is 11.8 Å². The van der Waals surface area contributed by atoms with Crippen LogP contribution in [0.4, 0.5) is 0 Å². The van der Waals surface area contributed by atoms with Crippen LogP contribution in [0.5, 0.6) is 5.75 Å². The van der Waals surface area contributed by atoms with Crippen molar-refractivity contribution in [3.63, 3.8) is 0 Å². The molecule has 0 saturated carbocycles. The van der Waals surface area contributed by atoms with E-state index in [0.29, 0.717) is 12.4 Å². The van der Waals surface area contributed by atoms with Gasteiger partial charge in [-0.1, -0.05) is 24.3 Å². The maximum atomic E-state index is 11.8. The van der Waals surface area contributed by atoms with Crippen LogP contribution in [0, 0.1) is 0 Å². The third kappa shape index (κ3) is 2.32. The molecule has 0 bridgehead atoms. The van der Waals surface area contributed by atoms with Gasteiger partial charge >= 0.3 is 0 Å². The lowest BCUT2D eigenvalue weighted by Gasteiger charge is -2.10. The molecule has 0 spiro atoms. The van der Waals surface area contributed by atoms with Crippen LogP contribution >= 0.6 is 0 Å². The van der Waals surface area contributed by atoms with Gasteiger partial charge in [0, 0.05) is 11.5 Å². The Hall–Kier alpha value is -1.59. The molecular weight excluding hydrogens is 250 g/mol. The minimum absolute atomic E-state index is 0.215. The van der Waals surface area contributed by atoms with Gasteiger partial charge in [0.1, 0.15) is 5.75 Å². The van der Waals surface area contributed by atoms with Crippen LogP contribution in [-0.4, -0.2) is 22.1 Å². The van der Waals surface area contributed by atoms with Gasteiger partial charge in [0.05, 0.1) is 11.5 Å². The first-order valence-corrected chi connectivity index (χ1v) is 7.16. The van der Waals surface area contributed by atoms with Crippen LogP contribution in [0.25, 0.3) is 10.8 Å². The van der Waals surface area contributed by atoms with E-state index in [1.165, 1.54) is 7.05 Å². The van der Waals surface area contributed by atoms with Crippen LogP contribution < -0.4 is 9.46 Å². The molecule has 0 saturated heterocycles. The molecule has 2 rings (SSSR count). The monoisotopic (exact) mass is 265 g/mol. The molecule has 18 heavy (non-hydrogen) atoms. The van der Waals surface area contributed by atoms with Crippen LogP contribution in [0.3, 0.4) is 0 Å². The van der Waals surface area contributed by atoms with E-state index in [2.05, 4.69) is 4.72 Å². The summed E-state index contributed by atoms with van der Waals surface area (Å²) < 4.78 is 31.5. The molecule has 0 aromatic heterocycles. The standard InChI is InChI=1S/C13H15NO3S/c1-3-17-13-9-11(18(15,16)14-2)8-10-6-4-5-7-12(10)13/h4-9,14H,3H2,1-2H3. The number of hydrogen-bond acceptors (Lipinski definition) is 3. The van der Waals surface area contributed by atoms with Crippen LogP contribution in [-0.2, 0) is 10.0 Å². The molecule has 2 aromatic rings. The lowest BCUT2D eigenvalue weighted by Crippen LogP contribution is -2.18. The van der Waals surface area contributed by atoms with Crippen LogP contribution in [0.1, 0.15) is 6.92 Å². The largest absolute Gasteiger partial charge is 0.493 e. The molecule has 1 N–H and O–H groups in total. The normalized spacial score (nSPS) is 11.7. The molecule has 0 radical (unpaired) electrons. The second-order valence-corrected chi connectivity index (χ2v) is 5.67. The SMILES string of the molecule is CCOc1cc(S(=O)(=O)NC)cc2ccccc12. The Morgan fingerprint density at radius 3 is 2.61 bits per heavy atom. The Labute approximate surface area is 107 Å². The van der Waals surface area contributed by atoms with Gasteiger partial charge in [0.15, 0.2) is 0 Å². The van der Waals surface area contributed by atoms with E-state index >= 15 is 0 Å². The number of rotatable bonds is 4. The fraction of sp³-hybridized carbons (Fsp3) is 0.231. The van der Waals surface area contributed by atoms with E-state index in [9.17, 15) is 8.42 Å². The van der Waals surface area contributed by atoms with Crippen molar-refractivity contribution in [1.29, 1.82) is 0 Å². The molecule has 2 aromatic carbocycles. The minimum atomic E-state index is -3.46. The van der Waals surface area contributed by atoms with Crippen LogP contribution in [0.2, 0.25) is 0 Å². The molecule has 0 heterocycles. The van der Waals surface area contributed by atoms with E-state index in [4.69, 9.17) is 4.74 Å². The second-order valence-electron chi connectivity index (χ2n) is 3.78. The summed E-state index contributed by atoms with van der Waals surface area (Å²) in [6, 6.07) is 10.7. The minimum Gasteiger partial charge on any atom is -0.493 e. The molecular formula is C13H15NO3S. The smallest absolute Gasteiger partial charge is 0.240 e. The molecule has 0 fully saturated rings. The highest BCUT2D eigenvalue weighted by Gasteiger charge is 2.14. The maximum Gasteiger partial charge on any atom is 0.240 e. The summed E-state index contributed by atoms with van der Waals surface area (Å²) in [5.41, 5.74) is 0. The number of fused-ring (bicyclic) bond motifs is 1. The summed E-state index contributed by atoms with van der Waals surface area (Å²) in [5.74, 6) is 0.587. The number of benzene rings is 2. The first-order chi connectivity index (χ1) is 8.58. The molecule has 0 amide bonds. The summed E-state index contributed by atoms with van der Waals surface area (Å²) in [6.07, 6.45) is 0.